The fourth-order valence-electron chi connectivity index (χ4n) is 3.66. The first-order chi connectivity index (χ1) is 16.5. The van der Waals surface area contributed by atoms with Gasteiger partial charge in [-0.1, -0.05) is 24.8 Å². The van der Waals surface area contributed by atoms with Crippen LogP contribution in [0.5, 0.6) is 11.5 Å². The highest BCUT2D eigenvalue weighted by molar-refractivity contribution is 6.00. The number of hydrogen-bond acceptors (Lipinski definition) is 7. The lowest BCUT2D eigenvalue weighted by Crippen LogP contribution is -2.12. The summed E-state index contributed by atoms with van der Waals surface area (Å²) in [5, 5.41) is 0.994. The Morgan fingerprint density at radius 2 is 1.82 bits per heavy atom. The maximum Gasteiger partial charge on any atom is 0.306 e. The third-order valence-corrected chi connectivity index (χ3v) is 5.15. The number of aromatic amines is 1. The van der Waals surface area contributed by atoms with Gasteiger partial charge in [0.1, 0.15) is 0 Å². The zero-order valence-corrected chi connectivity index (χ0v) is 19.8. The van der Waals surface area contributed by atoms with Crippen molar-refractivity contribution in [2.24, 2.45) is 10.9 Å². The summed E-state index contributed by atoms with van der Waals surface area (Å²) in [6.07, 6.45) is 2.78. The van der Waals surface area contributed by atoms with Crippen molar-refractivity contribution < 1.29 is 23.8 Å². The Morgan fingerprint density at radius 3 is 2.53 bits per heavy atom. The highest BCUT2D eigenvalue weighted by Gasteiger charge is 2.15. The number of rotatable bonds is 11. The molecule has 0 radical (unpaired) electrons. The molecule has 0 spiro atoms. The first-order valence-corrected chi connectivity index (χ1v) is 11.3. The van der Waals surface area contributed by atoms with Gasteiger partial charge in [0.05, 0.1) is 31.0 Å². The molecule has 1 heterocycles. The number of aromatic nitrogens is 1. The van der Waals surface area contributed by atoms with Gasteiger partial charge >= 0.3 is 5.97 Å². The van der Waals surface area contributed by atoms with E-state index in [1.54, 1.807) is 25.1 Å². The normalized spacial score (nSPS) is 11.4. The Labute approximate surface area is 199 Å². The van der Waals surface area contributed by atoms with Gasteiger partial charge in [-0.25, -0.2) is 4.99 Å². The van der Waals surface area contributed by atoms with E-state index in [1.807, 2.05) is 38.2 Å². The summed E-state index contributed by atoms with van der Waals surface area (Å²) in [6, 6.07) is 11.2. The first kappa shape index (κ1) is 24.9. The van der Waals surface area contributed by atoms with E-state index >= 15 is 0 Å². The van der Waals surface area contributed by atoms with Crippen LogP contribution in [-0.2, 0) is 20.8 Å². The van der Waals surface area contributed by atoms with Gasteiger partial charge in [0.2, 0.25) is 5.90 Å². The van der Waals surface area contributed by atoms with E-state index in [2.05, 4.69) is 16.6 Å². The van der Waals surface area contributed by atoms with Gasteiger partial charge in [-0.05, 0) is 51.0 Å². The molecule has 2 aromatic carbocycles. The number of nitrogens with one attached hydrogen (secondary N) is 1. The lowest BCUT2D eigenvalue weighted by atomic mass is 10.0. The van der Waals surface area contributed by atoms with Crippen LogP contribution in [0, 0.1) is 0 Å². The second-order valence-corrected chi connectivity index (χ2v) is 7.36. The van der Waals surface area contributed by atoms with Crippen LogP contribution >= 0.6 is 0 Å². The van der Waals surface area contributed by atoms with E-state index in [4.69, 9.17) is 24.9 Å². The molecule has 0 unspecified atom stereocenters. The highest BCUT2D eigenvalue weighted by atomic mass is 16.6. The van der Waals surface area contributed by atoms with E-state index < -0.39 is 0 Å². The van der Waals surface area contributed by atoms with Crippen molar-refractivity contribution in [2.45, 2.75) is 33.6 Å². The molecule has 0 aliphatic carbocycles. The lowest BCUT2D eigenvalue weighted by Gasteiger charge is -2.13. The summed E-state index contributed by atoms with van der Waals surface area (Å²) in [7, 11) is 0. The Balaban J connectivity index is 1.90. The number of carbonyl (C=O) groups excluding carboxylic acids is 1. The number of aliphatic imine (C=N–C) groups is 1. The van der Waals surface area contributed by atoms with Crippen LogP contribution in [0.4, 0.5) is 0 Å². The predicted molar refractivity (Wildman–Crippen MR) is 133 cm³/mol. The van der Waals surface area contributed by atoms with E-state index in [1.165, 1.54) is 0 Å². The van der Waals surface area contributed by atoms with Gasteiger partial charge < -0.3 is 24.0 Å². The first-order valence-electron chi connectivity index (χ1n) is 11.3. The molecule has 3 N–H and O–H groups in total. The van der Waals surface area contributed by atoms with Crippen molar-refractivity contribution in [1.29, 1.82) is 0 Å². The molecule has 180 valence electrons. The molecule has 8 nitrogen and oxygen atoms in total. The maximum absolute atomic E-state index is 11.8. The number of nitrogens with two attached hydrogens (primary N) is 1. The summed E-state index contributed by atoms with van der Waals surface area (Å²) in [5.74, 6) is 6.76. The van der Waals surface area contributed by atoms with Crippen LogP contribution in [0.1, 0.15) is 43.9 Å². The van der Waals surface area contributed by atoms with Crippen molar-refractivity contribution in [3.05, 3.63) is 65.9 Å². The highest BCUT2D eigenvalue weighted by Crippen LogP contribution is 2.31. The van der Waals surface area contributed by atoms with Crippen LogP contribution in [-0.4, -0.2) is 36.7 Å². The lowest BCUT2D eigenvalue weighted by molar-refractivity contribution is -0.143. The number of aryl methyl sites for hydroxylation is 1. The topological polar surface area (TPSA) is 108 Å². The average molecular weight is 466 g/mol. The zero-order chi connectivity index (χ0) is 24.5. The molecule has 0 bridgehead atoms. The van der Waals surface area contributed by atoms with E-state index in [0.29, 0.717) is 55.4 Å². The third kappa shape index (κ3) is 5.77. The number of H-pyrrole nitrogens is 1. The number of ether oxygens (including phenoxy) is 3. The van der Waals surface area contributed by atoms with Crippen LogP contribution < -0.4 is 15.4 Å². The van der Waals surface area contributed by atoms with Crippen molar-refractivity contribution >= 4 is 28.5 Å². The quantitative estimate of drug-likeness (QED) is 0.183. The second-order valence-electron chi connectivity index (χ2n) is 7.36. The molecule has 0 fully saturated rings. The number of carbonyl (C=O) groups is 1. The predicted octanol–water partition coefficient (Wildman–Crippen LogP) is 4.77. The molecule has 0 saturated heterocycles. The molecule has 0 amide bonds. The fraction of sp³-hybridized carbons (Fsp3) is 0.308. The van der Waals surface area contributed by atoms with E-state index in [0.717, 1.165) is 22.0 Å². The summed E-state index contributed by atoms with van der Waals surface area (Å²) in [4.78, 5) is 24.7. The monoisotopic (exact) mass is 465 g/mol. The van der Waals surface area contributed by atoms with Crippen molar-refractivity contribution in [3.63, 3.8) is 0 Å². The summed E-state index contributed by atoms with van der Waals surface area (Å²) < 4.78 is 16.3. The number of nitrogens with zero attached hydrogens (tertiary/aromatic N) is 1. The Morgan fingerprint density at radius 1 is 1.06 bits per heavy atom. The Hall–Kier alpha value is -3.78. The van der Waals surface area contributed by atoms with E-state index in [-0.39, 0.29) is 11.9 Å². The average Bonchev–Trinajstić information content (AvgIpc) is 3.26. The van der Waals surface area contributed by atoms with Crippen LogP contribution in [0.25, 0.3) is 16.6 Å². The van der Waals surface area contributed by atoms with Crippen molar-refractivity contribution in [3.8, 4) is 11.5 Å². The van der Waals surface area contributed by atoms with Crippen LogP contribution in [0.2, 0.25) is 0 Å². The summed E-state index contributed by atoms with van der Waals surface area (Å²) in [6.45, 7) is 11.1. The van der Waals surface area contributed by atoms with Crippen molar-refractivity contribution in [1.82, 2.24) is 4.98 Å². The standard InChI is InChI=1S/C26H31N3O5/c1-5-31-22-13-11-18(15-23(22)32-6-2)26(34-27)29-17(4)20-9-8-10-21-19(16-28-25(20)21)12-14-24(30)33-7-3/h8-11,13,15-16,28H,4-7,12,14,27H2,1-3H3. The van der Waals surface area contributed by atoms with Gasteiger partial charge in [-0.2, -0.15) is 5.90 Å². The van der Waals surface area contributed by atoms with Crippen LogP contribution in [0.3, 0.4) is 0 Å². The van der Waals surface area contributed by atoms with Crippen LogP contribution in [0.15, 0.2) is 54.2 Å². The Kier molecular flexibility index (Phi) is 8.70. The molecule has 0 aliphatic rings. The SMILES string of the molecule is C=C(N=C(ON)c1ccc(OCC)c(OCC)c1)c1cccc2c(CCC(=O)OCC)c[nH]c12. The minimum absolute atomic E-state index is 0.195. The van der Waals surface area contributed by atoms with Gasteiger partial charge in [-0.3, -0.25) is 4.79 Å². The number of hydrogen-bond donors (Lipinski definition) is 2. The second kappa shape index (κ2) is 11.9. The molecule has 3 rings (SSSR count). The summed E-state index contributed by atoms with van der Waals surface area (Å²) in [5.41, 5.74) is 3.78. The van der Waals surface area contributed by atoms with Gasteiger partial charge in [0, 0.05) is 29.1 Å². The molecule has 34 heavy (non-hydrogen) atoms. The number of benzene rings is 2. The molecule has 0 aliphatic heterocycles. The number of para-hydroxylation sites is 1. The molecule has 3 aromatic rings. The molecule has 1 aromatic heterocycles. The molecular weight excluding hydrogens is 434 g/mol. The Bertz CT molecular complexity index is 1180. The van der Waals surface area contributed by atoms with E-state index in [9.17, 15) is 4.79 Å². The number of fused-ring (bicyclic) bond motifs is 1. The smallest absolute Gasteiger partial charge is 0.306 e. The summed E-state index contributed by atoms with van der Waals surface area (Å²) >= 11 is 0. The fourth-order valence-corrected chi connectivity index (χ4v) is 3.66. The number of esters is 1. The van der Waals surface area contributed by atoms with Crippen molar-refractivity contribution in [2.75, 3.05) is 19.8 Å². The minimum Gasteiger partial charge on any atom is -0.490 e. The molecule has 0 atom stereocenters. The van der Waals surface area contributed by atoms with Gasteiger partial charge in [0.25, 0.3) is 0 Å². The molecule has 0 saturated carbocycles. The minimum atomic E-state index is -0.214. The maximum atomic E-state index is 11.8. The molecular formula is C26H31N3O5. The third-order valence-electron chi connectivity index (χ3n) is 5.15. The molecule has 8 heteroatoms. The van der Waals surface area contributed by atoms with Gasteiger partial charge in [0.15, 0.2) is 11.5 Å². The zero-order valence-electron chi connectivity index (χ0n) is 19.8. The van der Waals surface area contributed by atoms with Gasteiger partial charge in [-0.15, -0.1) is 0 Å². The largest absolute Gasteiger partial charge is 0.490 e.